The topological polar surface area (TPSA) is 44.6 Å². The van der Waals surface area contributed by atoms with Crippen LogP contribution in [0.5, 0.6) is 0 Å². The summed E-state index contributed by atoms with van der Waals surface area (Å²) in [4.78, 5) is 10.2. The van der Waals surface area contributed by atoms with Crippen LogP contribution in [0.4, 0.5) is 4.39 Å². The number of hydrogen-bond donors (Lipinski definition) is 1. The first-order valence-electron chi connectivity index (χ1n) is 14.7. The van der Waals surface area contributed by atoms with Crippen molar-refractivity contribution >= 4 is 29.3 Å². The van der Waals surface area contributed by atoms with Crippen LogP contribution in [-0.2, 0) is 20.1 Å². The minimum absolute atomic E-state index is 0. The number of nitrogens with zero attached hydrogens (tertiary/aromatic N) is 1. The van der Waals surface area contributed by atoms with Gasteiger partial charge in [0.1, 0.15) is 11.6 Å². The SMILES string of the molecule is C=[N+]1C=Cc2c(ccc3ccc(F)cc23)[C-]1c1[c-]c(C)cc(C)c1.CCC(C)(CC)C(=[OH+])/C=C(\O)C(C)(CC)CC.[Ir]. The van der Waals surface area contributed by atoms with Gasteiger partial charge >= 0.3 is 5.78 Å². The van der Waals surface area contributed by atoms with Crippen LogP contribution in [-0.4, -0.2) is 27.0 Å². The summed E-state index contributed by atoms with van der Waals surface area (Å²) in [6.45, 7) is 20.5. The Labute approximate surface area is 265 Å². The predicted octanol–water partition coefficient (Wildman–Crippen LogP) is 9.65. The molecule has 1 aliphatic rings. The average molecular weight is 748 g/mol. The van der Waals surface area contributed by atoms with Crippen molar-refractivity contribution in [1.82, 2.24) is 0 Å². The van der Waals surface area contributed by atoms with Gasteiger partial charge in [-0.25, -0.2) is 4.39 Å². The summed E-state index contributed by atoms with van der Waals surface area (Å²) in [7, 11) is 0. The van der Waals surface area contributed by atoms with Gasteiger partial charge in [-0.1, -0.05) is 81.8 Å². The molecule has 0 fully saturated rings. The third kappa shape index (κ3) is 7.49. The summed E-state index contributed by atoms with van der Waals surface area (Å²) >= 11 is 0. The van der Waals surface area contributed by atoms with Crippen molar-refractivity contribution in [3.63, 3.8) is 0 Å². The number of ketones is 1. The molecule has 0 spiro atoms. The number of carbonyl (C=O) groups excluding carboxylic acids is 1. The molecule has 4 rings (SSSR count). The number of hydrogen-bond acceptors (Lipinski definition) is 1. The molecule has 0 saturated heterocycles. The zero-order valence-corrected chi connectivity index (χ0v) is 28.8. The molecule has 3 nitrogen and oxygen atoms in total. The molecule has 3 aromatic rings. The van der Waals surface area contributed by atoms with Gasteiger partial charge in [0.15, 0.2) is 0 Å². The zero-order valence-electron chi connectivity index (χ0n) is 26.4. The Bertz CT molecular complexity index is 1470. The monoisotopic (exact) mass is 748 g/mol. The fourth-order valence-corrected chi connectivity index (χ4v) is 5.12. The Hall–Kier alpha value is -3.01. The molecule has 0 amide bonds. The Balaban J connectivity index is 0.000000307. The van der Waals surface area contributed by atoms with E-state index in [1.807, 2.05) is 49.8 Å². The van der Waals surface area contributed by atoms with Crippen LogP contribution in [0.15, 0.2) is 60.5 Å². The maximum Gasteiger partial charge on any atom is 0.325 e. The van der Waals surface area contributed by atoms with E-state index in [1.165, 1.54) is 11.6 Å². The third-order valence-electron chi connectivity index (χ3n) is 9.02. The van der Waals surface area contributed by atoms with Gasteiger partial charge in [0.25, 0.3) is 0 Å². The average Bonchev–Trinajstić information content (AvgIpc) is 2.95. The van der Waals surface area contributed by atoms with Crippen molar-refractivity contribution in [2.24, 2.45) is 10.8 Å². The van der Waals surface area contributed by atoms with E-state index < -0.39 is 0 Å². The molecule has 1 aliphatic heterocycles. The van der Waals surface area contributed by atoms with Crippen LogP contribution < -0.4 is 0 Å². The van der Waals surface area contributed by atoms with Gasteiger partial charge in [-0.3, -0.25) is 4.79 Å². The summed E-state index contributed by atoms with van der Waals surface area (Å²) in [5.41, 5.74) is 4.90. The predicted molar refractivity (Wildman–Crippen MR) is 172 cm³/mol. The molecule has 0 aromatic heterocycles. The van der Waals surface area contributed by atoms with Crippen molar-refractivity contribution in [3.8, 4) is 0 Å². The smallest absolute Gasteiger partial charge is 0.325 e. The standard InChI is InChI=1S/C22H17FN.C15H28O2.Ir/c1-14-10-15(2)12-17(11-14)22-20-7-5-16-4-6-18(23)13-21(16)19(20)8-9-24(22)3;1-7-14(5,8-2)12(16)11-13(17)15(6,9-3)10-4;/h4-11,13H,3H2,1-2H3;11,16H,7-10H2,1-6H3;/q-1;;/p+1/b;12-11-;. The van der Waals surface area contributed by atoms with E-state index in [9.17, 15) is 14.3 Å². The third-order valence-corrected chi connectivity index (χ3v) is 9.02. The number of benzene rings is 3. The van der Waals surface area contributed by atoms with Crippen molar-refractivity contribution in [3.05, 3.63) is 106 Å². The summed E-state index contributed by atoms with van der Waals surface area (Å²) in [5, 5.41) is 12.1. The number of aliphatic hydroxyl groups excluding tert-OH is 1. The maximum absolute atomic E-state index is 13.7. The molecule has 3 aromatic carbocycles. The largest absolute Gasteiger partial charge is 0.511 e. The fourth-order valence-electron chi connectivity index (χ4n) is 5.12. The Morgan fingerprint density at radius 2 is 1.60 bits per heavy atom. The Morgan fingerprint density at radius 1 is 1.00 bits per heavy atom. The molecule has 0 bridgehead atoms. The number of rotatable bonds is 8. The summed E-state index contributed by atoms with van der Waals surface area (Å²) in [6, 6.07) is 17.7. The van der Waals surface area contributed by atoms with E-state index in [1.54, 1.807) is 12.1 Å². The molecule has 0 aliphatic carbocycles. The zero-order chi connectivity index (χ0) is 30.5. The Morgan fingerprint density at radius 3 is 2.17 bits per heavy atom. The van der Waals surface area contributed by atoms with Crippen molar-refractivity contribution in [2.45, 2.75) is 81.1 Å². The van der Waals surface area contributed by atoms with Gasteiger partial charge < -0.3 is 9.68 Å². The van der Waals surface area contributed by atoms with Crippen LogP contribution in [0.3, 0.4) is 0 Å². The van der Waals surface area contributed by atoms with Gasteiger partial charge in [-0.05, 0) is 57.0 Å². The van der Waals surface area contributed by atoms with E-state index in [0.29, 0.717) is 11.5 Å². The van der Waals surface area contributed by atoms with Gasteiger partial charge in [0.05, 0.1) is 23.7 Å². The minimum Gasteiger partial charge on any atom is -0.511 e. The first kappa shape index (κ1) is 35.2. The van der Waals surface area contributed by atoms with Crippen LogP contribution in [0, 0.1) is 42.6 Å². The first-order chi connectivity index (χ1) is 19.3. The maximum atomic E-state index is 13.7. The summed E-state index contributed by atoms with van der Waals surface area (Å²) in [5.74, 6) is 0.377. The number of aliphatic hydroxyl groups is 1. The van der Waals surface area contributed by atoms with Crippen LogP contribution in [0.1, 0.15) is 95.0 Å². The van der Waals surface area contributed by atoms with E-state index in [0.717, 1.165) is 64.8 Å². The molecular weight excluding hydrogens is 702 g/mol. The number of fused-ring (bicyclic) bond motifs is 3. The van der Waals surface area contributed by atoms with Gasteiger partial charge in [-0.2, -0.15) is 0 Å². The van der Waals surface area contributed by atoms with Gasteiger partial charge in [0, 0.05) is 32.2 Å². The normalized spacial score (nSPS) is 13.3. The van der Waals surface area contributed by atoms with Gasteiger partial charge in [0.2, 0.25) is 0 Å². The van der Waals surface area contributed by atoms with Gasteiger partial charge in [-0.15, -0.1) is 35.4 Å². The molecule has 0 atom stereocenters. The van der Waals surface area contributed by atoms with Crippen molar-refractivity contribution in [2.75, 3.05) is 0 Å². The van der Waals surface area contributed by atoms with Crippen molar-refractivity contribution in [1.29, 1.82) is 0 Å². The van der Waals surface area contributed by atoms with Crippen LogP contribution in [0.25, 0.3) is 16.8 Å². The number of allylic oxidation sites excluding steroid dienone is 2. The molecular formula is C37H46FIrNO2. The van der Waals surface area contributed by atoms with E-state index in [4.69, 9.17) is 0 Å². The number of halogens is 1. The number of aryl methyl sites for hydroxylation is 2. The molecule has 42 heavy (non-hydrogen) atoms. The van der Waals surface area contributed by atoms with E-state index in [-0.39, 0.29) is 36.8 Å². The minimum atomic E-state index is -0.226. The second-order valence-electron chi connectivity index (χ2n) is 11.7. The van der Waals surface area contributed by atoms with E-state index in [2.05, 4.69) is 65.6 Å². The van der Waals surface area contributed by atoms with Crippen molar-refractivity contribution < 1.29 is 39.0 Å². The Kier molecular flexibility index (Phi) is 12.1. The molecule has 1 heterocycles. The molecule has 1 radical (unpaired) electrons. The molecule has 2 N–H and O–H groups in total. The second-order valence-corrected chi connectivity index (χ2v) is 11.7. The molecule has 0 saturated carbocycles. The van der Waals surface area contributed by atoms with Crippen LogP contribution >= 0.6 is 0 Å². The quantitative estimate of drug-likeness (QED) is 0.0806. The van der Waals surface area contributed by atoms with E-state index >= 15 is 0 Å². The summed E-state index contributed by atoms with van der Waals surface area (Å²) in [6.07, 6.45) is 8.97. The molecule has 0 unspecified atom stereocenters. The molecule has 5 heteroatoms. The fraction of sp³-hybridized carbons (Fsp3) is 0.378. The first-order valence-corrected chi connectivity index (χ1v) is 14.7. The molecule has 227 valence electrons. The summed E-state index contributed by atoms with van der Waals surface area (Å²) < 4.78 is 15.6. The van der Waals surface area contributed by atoms with Crippen LogP contribution in [0.2, 0.25) is 0 Å². The second kappa shape index (κ2) is 14.4.